The minimum absolute atomic E-state index is 0.493. The second kappa shape index (κ2) is 7.55. The molecule has 1 heterocycles. The van der Waals surface area contributed by atoms with Crippen molar-refractivity contribution in [3.05, 3.63) is 0 Å². The van der Waals surface area contributed by atoms with Crippen molar-refractivity contribution in [1.29, 1.82) is 0 Å². The van der Waals surface area contributed by atoms with Gasteiger partial charge in [-0.3, -0.25) is 0 Å². The molecule has 0 aromatic heterocycles. The number of ether oxygens (including phenoxy) is 1. The van der Waals surface area contributed by atoms with Crippen LogP contribution in [-0.2, 0) is 4.74 Å². The first kappa shape index (κ1) is 12.3. The van der Waals surface area contributed by atoms with Crippen LogP contribution in [0.3, 0.4) is 0 Å². The minimum Gasteiger partial charge on any atom is -0.380 e. The van der Waals surface area contributed by atoms with Gasteiger partial charge in [-0.05, 0) is 31.6 Å². The Labute approximate surface area is 93.4 Å². The molecule has 0 aromatic rings. The lowest BCUT2D eigenvalue weighted by molar-refractivity contribution is 0.108. The lowest BCUT2D eigenvalue weighted by atomic mass is 10.2. The standard InChI is InChI=1S/C11H23NOS/c1-13-11-6-8-12(10-11)7-4-2-3-5-9-14/h11,14H,2-10H2,1H3. The number of rotatable bonds is 7. The number of hydrogen-bond acceptors (Lipinski definition) is 3. The maximum absolute atomic E-state index is 5.33. The van der Waals surface area contributed by atoms with Gasteiger partial charge >= 0.3 is 0 Å². The fourth-order valence-corrected chi connectivity index (χ4v) is 2.22. The molecule has 0 saturated carbocycles. The number of methoxy groups -OCH3 is 1. The van der Waals surface area contributed by atoms with Gasteiger partial charge in [0.25, 0.3) is 0 Å². The highest BCUT2D eigenvalue weighted by Crippen LogP contribution is 2.13. The first-order valence-electron chi connectivity index (χ1n) is 5.73. The van der Waals surface area contributed by atoms with Gasteiger partial charge in [0, 0.05) is 20.2 Å². The zero-order valence-corrected chi connectivity index (χ0v) is 10.1. The van der Waals surface area contributed by atoms with Crippen LogP contribution in [0.1, 0.15) is 32.1 Å². The number of hydrogen-bond donors (Lipinski definition) is 1. The van der Waals surface area contributed by atoms with Crippen LogP contribution in [0.15, 0.2) is 0 Å². The molecule has 1 saturated heterocycles. The van der Waals surface area contributed by atoms with E-state index < -0.39 is 0 Å². The van der Waals surface area contributed by atoms with Crippen molar-refractivity contribution >= 4 is 12.6 Å². The van der Waals surface area contributed by atoms with Gasteiger partial charge in [0.2, 0.25) is 0 Å². The normalized spacial score (nSPS) is 23.1. The van der Waals surface area contributed by atoms with Crippen molar-refractivity contribution < 1.29 is 4.74 Å². The molecule has 1 unspecified atom stereocenters. The van der Waals surface area contributed by atoms with Gasteiger partial charge in [0.05, 0.1) is 6.10 Å². The van der Waals surface area contributed by atoms with Gasteiger partial charge < -0.3 is 9.64 Å². The third-order valence-electron chi connectivity index (χ3n) is 2.94. The van der Waals surface area contributed by atoms with E-state index in [2.05, 4.69) is 17.5 Å². The molecule has 3 heteroatoms. The summed E-state index contributed by atoms with van der Waals surface area (Å²) in [4.78, 5) is 2.52. The van der Waals surface area contributed by atoms with Crippen LogP contribution in [0.2, 0.25) is 0 Å². The predicted molar refractivity (Wildman–Crippen MR) is 64.2 cm³/mol. The van der Waals surface area contributed by atoms with Crippen LogP contribution in [0.4, 0.5) is 0 Å². The predicted octanol–water partition coefficient (Wildman–Crippen LogP) is 2.20. The molecule has 0 bridgehead atoms. The van der Waals surface area contributed by atoms with Crippen molar-refractivity contribution in [2.24, 2.45) is 0 Å². The van der Waals surface area contributed by atoms with Gasteiger partial charge in [-0.1, -0.05) is 12.8 Å². The molecular weight excluding hydrogens is 194 g/mol. The monoisotopic (exact) mass is 217 g/mol. The van der Waals surface area contributed by atoms with Crippen LogP contribution >= 0.6 is 12.6 Å². The number of likely N-dealkylation sites (tertiary alicyclic amines) is 1. The Morgan fingerprint density at radius 1 is 1.29 bits per heavy atom. The Bertz CT molecular complexity index is 143. The van der Waals surface area contributed by atoms with E-state index in [9.17, 15) is 0 Å². The van der Waals surface area contributed by atoms with Gasteiger partial charge in [-0.2, -0.15) is 12.6 Å². The Morgan fingerprint density at radius 3 is 2.71 bits per heavy atom. The molecule has 0 N–H and O–H groups in total. The fraction of sp³-hybridized carbons (Fsp3) is 1.00. The van der Waals surface area contributed by atoms with Crippen molar-refractivity contribution in [2.75, 3.05) is 32.5 Å². The van der Waals surface area contributed by atoms with Crippen molar-refractivity contribution in [1.82, 2.24) is 4.90 Å². The summed E-state index contributed by atoms with van der Waals surface area (Å²) < 4.78 is 5.33. The zero-order valence-electron chi connectivity index (χ0n) is 9.24. The molecule has 0 aromatic carbocycles. The SMILES string of the molecule is COC1CCN(CCCCCCS)C1. The molecule has 1 rings (SSSR count). The van der Waals surface area contributed by atoms with E-state index in [0.29, 0.717) is 6.10 Å². The summed E-state index contributed by atoms with van der Waals surface area (Å²) in [7, 11) is 1.82. The van der Waals surface area contributed by atoms with E-state index in [1.807, 2.05) is 7.11 Å². The van der Waals surface area contributed by atoms with Crippen LogP contribution < -0.4 is 0 Å². The van der Waals surface area contributed by atoms with Gasteiger partial charge in [0.1, 0.15) is 0 Å². The molecule has 84 valence electrons. The summed E-state index contributed by atoms with van der Waals surface area (Å²) in [6, 6.07) is 0. The van der Waals surface area contributed by atoms with Gasteiger partial charge in [0.15, 0.2) is 0 Å². The molecule has 2 nitrogen and oxygen atoms in total. The first-order valence-corrected chi connectivity index (χ1v) is 6.36. The summed E-state index contributed by atoms with van der Waals surface area (Å²) >= 11 is 4.21. The van der Waals surface area contributed by atoms with Crippen LogP contribution in [0, 0.1) is 0 Å². The third kappa shape index (κ3) is 4.67. The summed E-state index contributed by atoms with van der Waals surface area (Å²) in [5, 5.41) is 0. The smallest absolute Gasteiger partial charge is 0.0710 e. The van der Waals surface area contributed by atoms with Gasteiger partial charge in [-0.15, -0.1) is 0 Å². The maximum Gasteiger partial charge on any atom is 0.0710 e. The highest BCUT2D eigenvalue weighted by atomic mass is 32.1. The van der Waals surface area contributed by atoms with E-state index in [0.717, 1.165) is 12.3 Å². The molecule has 1 atom stereocenters. The lowest BCUT2D eigenvalue weighted by Crippen LogP contribution is -2.23. The van der Waals surface area contributed by atoms with E-state index in [-0.39, 0.29) is 0 Å². The summed E-state index contributed by atoms with van der Waals surface area (Å²) in [6.45, 7) is 3.63. The molecule has 1 aliphatic heterocycles. The van der Waals surface area contributed by atoms with Crippen LogP contribution in [0.25, 0.3) is 0 Å². The summed E-state index contributed by atoms with van der Waals surface area (Å²) in [5.41, 5.74) is 0. The van der Waals surface area contributed by atoms with E-state index >= 15 is 0 Å². The van der Waals surface area contributed by atoms with Crippen LogP contribution in [-0.4, -0.2) is 43.5 Å². The zero-order chi connectivity index (χ0) is 10.2. The average molecular weight is 217 g/mol. The molecule has 14 heavy (non-hydrogen) atoms. The van der Waals surface area contributed by atoms with E-state index in [1.54, 1.807) is 0 Å². The van der Waals surface area contributed by atoms with Crippen molar-refractivity contribution in [3.8, 4) is 0 Å². The average Bonchev–Trinajstić information content (AvgIpc) is 2.65. The molecule has 0 radical (unpaired) electrons. The number of unbranched alkanes of at least 4 members (excludes halogenated alkanes) is 3. The van der Waals surface area contributed by atoms with Crippen molar-refractivity contribution in [2.45, 2.75) is 38.2 Å². The fourth-order valence-electron chi connectivity index (χ4n) is 1.99. The Hall–Kier alpha value is 0.270. The number of thiol groups is 1. The molecule has 0 aliphatic carbocycles. The second-order valence-corrected chi connectivity index (χ2v) is 4.53. The largest absolute Gasteiger partial charge is 0.380 e. The molecule has 1 aliphatic rings. The van der Waals surface area contributed by atoms with E-state index in [1.165, 1.54) is 45.2 Å². The maximum atomic E-state index is 5.33. The molecule has 1 fully saturated rings. The third-order valence-corrected chi connectivity index (χ3v) is 3.26. The summed E-state index contributed by atoms with van der Waals surface area (Å²) in [5.74, 6) is 1.04. The highest BCUT2D eigenvalue weighted by molar-refractivity contribution is 7.80. The summed E-state index contributed by atoms with van der Waals surface area (Å²) in [6.07, 6.45) is 7.01. The van der Waals surface area contributed by atoms with Gasteiger partial charge in [-0.25, -0.2) is 0 Å². The second-order valence-electron chi connectivity index (χ2n) is 4.08. The number of nitrogens with zero attached hydrogens (tertiary/aromatic N) is 1. The quantitative estimate of drug-likeness (QED) is 0.518. The first-order chi connectivity index (χ1) is 6.86. The lowest BCUT2D eigenvalue weighted by Gasteiger charge is -2.14. The molecule has 0 spiro atoms. The molecular formula is C11H23NOS. The topological polar surface area (TPSA) is 12.5 Å². The highest BCUT2D eigenvalue weighted by Gasteiger charge is 2.20. The Morgan fingerprint density at radius 2 is 2.07 bits per heavy atom. The van der Waals surface area contributed by atoms with Crippen LogP contribution in [0.5, 0.6) is 0 Å². The van der Waals surface area contributed by atoms with E-state index in [4.69, 9.17) is 4.74 Å². The van der Waals surface area contributed by atoms with Crippen molar-refractivity contribution in [3.63, 3.8) is 0 Å². The Kier molecular flexibility index (Phi) is 6.65. The molecule has 0 amide bonds. The minimum atomic E-state index is 0.493. The Balaban J connectivity index is 1.92.